The molecule has 0 saturated carbocycles. The number of hydrogen-bond donors (Lipinski definition) is 1. The summed E-state index contributed by atoms with van der Waals surface area (Å²) in [6.45, 7) is 1.37. The number of nitrogens with zero attached hydrogens (tertiary/aromatic N) is 3. The molecule has 0 fully saturated rings. The van der Waals surface area contributed by atoms with Gasteiger partial charge in [-0.25, -0.2) is 0 Å². The number of aromatic nitrogens is 2. The first-order chi connectivity index (χ1) is 12.2. The van der Waals surface area contributed by atoms with Crippen LogP contribution in [0, 0.1) is 0 Å². The van der Waals surface area contributed by atoms with Crippen molar-refractivity contribution in [3.63, 3.8) is 0 Å². The summed E-state index contributed by atoms with van der Waals surface area (Å²) in [4.78, 5) is 18.9. The molecule has 132 valence electrons. The van der Waals surface area contributed by atoms with Crippen molar-refractivity contribution in [1.29, 1.82) is 0 Å². The summed E-state index contributed by atoms with van der Waals surface area (Å²) in [6.07, 6.45) is 3.83. The number of carbonyl (C=O) groups is 1. The van der Waals surface area contributed by atoms with Gasteiger partial charge in [-0.1, -0.05) is 17.3 Å². The highest BCUT2D eigenvalue weighted by Crippen LogP contribution is 2.40. The highest BCUT2D eigenvalue weighted by atomic mass is 16.5. The van der Waals surface area contributed by atoms with Gasteiger partial charge >= 0.3 is 0 Å². The Kier molecular flexibility index (Phi) is 4.50. The van der Waals surface area contributed by atoms with Gasteiger partial charge in [-0.05, 0) is 36.5 Å². The van der Waals surface area contributed by atoms with Crippen LogP contribution in [0.4, 0.5) is 5.69 Å². The number of methoxy groups -OCH3 is 1. The van der Waals surface area contributed by atoms with Gasteiger partial charge in [-0.2, -0.15) is 4.98 Å². The third-order valence-corrected chi connectivity index (χ3v) is 4.89. The number of carbonyl (C=O) groups excluding carboxylic acids is 1. The van der Waals surface area contributed by atoms with Gasteiger partial charge in [0.15, 0.2) is 5.82 Å². The van der Waals surface area contributed by atoms with Gasteiger partial charge in [0.1, 0.15) is 0 Å². The van der Waals surface area contributed by atoms with Crippen LogP contribution in [0.3, 0.4) is 0 Å². The fourth-order valence-electron chi connectivity index (χ4n) is 3.80. The van der Waals surface area contributed by atoms with Gasteiger partial charge in [0.2, 0.25) is 11.8 Å². The molecule has 25 heavy (non-hydrogen) atoms. The van der Waals surface area contributed by atoms with Gasteiger partial charge in [0.25, 0.3) is 0 Å². The van der Waals surface area contributed by atoms with E-state index in [2.05, 4.69) is 26.4 Å². The van der Waals surface area contributed by atoms with Crippen LogP contribution in [-0.4, -0.2) is 41.2 Å². The second-order valence-electron chi connectivity index (χ2n) is 6.59. The molecule has 1 unspecified atom stereocenters. The van der Waals surface area contributed by atoms with Crippen molar-refractivity contribution in [3.05, 3.63) is 41.0 Å². The molecule has 2 heterocycles. The zero-order valence-corrected chi connectivity index (χ0v) is 14.3. The monoisotopic (exact) mass is 342 g/mol. The maximum absolute atomic E-state index is 12.4. The zero-order valence-electron chi connectivity index (χ0n) is 14.3. The summed E-state index contributed by atoms with van der Waals surface area (Å²) in [7, 11) is 1.65. The summed E-state index contributed by atoms with van der Waals surface area (Å²) < 4.78 is 10.4. The molecule has 0 bridgehead atoms. The number of amides is 1. The average Bonchev–Trinajstić information content (AvgIpc) is 3.01. The highest BCUT2D eigenvalue weighted by molar-refractivity contribution is 5.94. The Morgan fingerprint density at radius 2 is 2.36 bits per heavy atom. The molecule has 1 aliphatic heterocycles. The zero-order chi connectivity index (χ0) is 17.2. The maximum Gasteiger partial charge on any atom is 0.240 e. The SMILES string of the molecule is COCCc1noc(CN2CC(=O)Nc3cccc4c3C2CCC4)n1. The third kappa shape index (κ3) is 3.29. The van der Waals surface area contributed by atoms with Crippen LogP contribution in [0.1, 0.15) is 41.7 Å². The molecule has 0 spiro atoms. The molecule has 1 amide bonds. The number of rotatable bonds is 5. The standard InChI is InChI=1S/C18H22N4O3/c1-24-9-8-15-20-17(25-21-15)11-22-10-16(23)19-13-6-2-4-12-5-3-7-14(22)18(12)13/h2,4,6,14H,3,5,7-11H2,1H3,(H,19,23). The molecule has 1 aromatic heterocycles. The Labute approximate surface area is 146 Å². The molecule has 1 aromatic carbocycles. The minimum Gasteiger partial charge on any atom is -0.384 e. The van der Waals surface area contributed by atoms with Gasteiger partial charge < -0.3 is 14.6 Å². The first-order valence-electron chi connectivity index (χ1n) is 8.70. The Bertz CT molecular complexity index is 773. The van der Waals surface area contributed by atoms with Crippen molar-refractivity contribution in [2.45, 2.75) is 38.3 Å². The lowest BCUT2D eigenvalue weighted by atomic mass is 9.86. The summed E-state index contributed by atoms with van der Waals surface area (Å²) in [6, 6.07) is 6.38. The van der Waals surface area contributed by atoms with Crippen molar-refractivity contribution in [2.75, 3.05) is 25.6 Å². The first kappa shape index (κ1) is 16.2. The molecule has 7 heteroatoms. The largest absolute Gasteiger partial charge is 0.384 e. The van der Waals surface area contributed by atoms with E-state index in [1.807, 2.05) is 12.1 Å². The molecule has 0 radical (unpaired) electrons. The summed E-state index contributed by atoms with van der Waals surface area (Å²) >= 11 is 0. The first-order valence-corrected chi connectivity index (χ1v) is 8.70. The second-order valence-corrected chi connectivity index (χ2v) is 6.59. The van der Waals surface area contributed by atoms with Crippen molar-refractivity contribution in [2.24, 2.45) is 0 Å². The van der Waals surface area contributed by atoms with Gasteiger partial charge in [0.05, 0.1) is 19.7 Å². The minimum atomic E-state index is 0.00178. The van der Waals surface area contributed by atoms with Crippen LogP contribution in [0.25, 0.3) is 0 Å². The molecule has 2 aliphatic rings. The normalized spacial score (nSPS) is 20.0. The van der Waals surface area contributed by atoms with E-state index < -0.39 is 0 Å². The molecule has 1 aliphatic carbocycles. The van der Waals surface area contributed by atoms with Crippen molar-refractivity contribution in [1.82, 2.24) is 15.0 Å². The number of aryl methyl sites for hydroxylation is 1. The number of ether oxygens (including phenoxy) is 1. The number of nitrogens with one attached hydrogen (secondary N) is 1. The average molecular weight is 342 g/mol. The van der Waals surface area contributed by atoms with E-state index in [9.17, 15) is 4.79 Å². The summed E-state index contributed by atoms with van der Waals surface area (Å²) in [5.41, 5.74) is 3.52. The minimum absolute atomic E-state index is 0.00178. The highest BCUT2D eigenvalue weighted by Gasteiger charge is 2.33. The topological polar surface area (TPSA) is 80.5 Å². The molecule has 7 nitrogen and oxygen atoms in total. The van der Waals surface area contributed by atoms with Crippen molar-refractivity contribution < 1.29 is 14.1 Å². The molecule has 0 saturated heterocycles. The van der Waals surface area contributed by atoms with E-state index in [1.165, 1.54) is 11.1 Å². The lowest BCUT2D eigenvalue weighted by molar-refractivity contribution is -0.117. The van der Waals surface area contributed by atoms with Gasteiger partial charge in [0, 0.05) is 25.3 Å². The van der Waals surface area contributed by atoms with Crippen LogP contribution in [-0.2, 0) is 28.9 Å². The number of anilines is 1. The van der Waals surface area contributed by atoms with Crippen LogP contribution in [0.5, 0.6) is 0 Å². The summed E-state index contributed by atoms with van der Waals surface area (Å²) in [5, 5.41) is 7.04. The lowest BCUT2D eigenvalue weighted by Crippen LogP contribution is -2.34. The molecule has 1 atom stereocenters. The Morgan fingerprint density at radius 3 is 3.24 bits per heavy atom. The Morgan fingerprint density at radius 1 is 1.44 bits per heavy atom. The molecular weight excluding hydrogens is 320 g/mol. The Hall–Kier alpha value is -2.25. The van der Waals surface area contributed by atoms with Gasteiger partial charge in [-0.3, -0.25) is 9.69 Å². The van der Waals surface area contributed by atoms with E-state index in [0.717, 1.165) is 24.9 Å². The smallest absolute Gasteiger partial charge is 0.240 e. The predicted molar refractivity (Wildman–Crippen MR) is 91.0 cm³/mol. The molecular formula is C18H22N4O3. The van der Waals surface area contributed by atoms with Crippen molar-refractivity contribution in [3.8, 4) is 0 Å². The third-order valence-electron chi connectivity index (χ3n) is 4.89. The van der Waals surface area contributed by atoms with E-state index in [-0.39, 0.29) is 11.9 Å². The van der Waals surface area contributed by atoms with E-state index in [1.54, 1.807) is 7.11 Å². The number of hydrogen-bond acceptors (Lipinski definition) is 6. The quantitative estimate of drug-likeness (QED) is 0.896. The van der Waals surface area contributed by atoms with Crippen LogP contribution >= 0.6 is 0 Å². The fourth-order valence-corrected chi connectivity index (χ4v) is 3.80. The maximum atomic E-state index is 12.4. The van der Waals surface area contributed by atoms with Crippen LogP contribution < -0.4 is 5.32 Å². The summed E-state index contributed by atoms with van der Waals surface area (Å²) in [5.74, 6) is 1.19. The van der Waals surface area contributed by atoms with E-state index in [4.69, 9.17) is 9.26 Å². The predicted octanol–water partition coefficient (Wildman–Crippen LogP) is 2.09. The number of benzene rings is 1. The Balaban J connectivity index is 1.60. The lowest BCUT2D eigenvalue weighted by Gasteiger charge is -2.33. The second kappa shape index (κ2) is 6.93. The molecule has 2 aromatic rings. The molecule has 4 rings (SSSR count). The van der Waals surface area contributed by atoms with Gasteiger partial charge in [-0.15, -0.1) is 0 Å². The van der Waals surface area contributed by atoms with E-state index in [0.29, 0.717) is 37.8 Å². The fraction of sp³-hybridized carbons (Fsp3) is 0.500. The molecule has 1 N–H and O–H groups in total. The van der Waals surface area contributed by atoms with Crippen molar-refractivity contribution >= 4 is 11.6 Å². The van der Waals surface area contributed by atoms with Crippen LogP contribution in [0.15, 0.2) is 22.7 Å². The van der Waals surface area contributed by atoms with Crippen LogP contribution in [0.2, 0.25) is 0 Å². The van der Waals surface area contributed by atoms with E-state index >= 15 is 0 Å².